The standard InChI is InChI=1S/C8H9NO.C2H2O4/c9-8(10)6-7-4-2-1-3-5-7;3-1(4)2(5)6/h1-5H,6H2,(H2,9,10);(H,3,4)(H,5,6). The molecule has 6 heteroatoms. The highest BCUT2D eigenvalue weighted by Crippen LogP contribution is 1.97. The first-order chi connectivity index (χ1) is 7.43. The van der Waals surface area contributed by atoms with Gasteiger partial charge < -0.3 is 15.9 Å². The Labute approximate surface area is 91.3 Å². The lowest BCUT2D eigenvalue weighted by Gasteiger charge is -1.93. The summed E-state index contributed by atoms with van der Waals surface area (Å²) in [6, 6.07) is 9.44. The average Bonchev–Trinajstić information content (AvgIpc) is 2.19. The summed E-state index contributed by atoms with van der Waals surface area (Å²) < 4.78 is 0. The summed E-state index contributed by atoms with van der Waals surface area (Å²) in [5, 5.41) is 14.8. The SMILES string of the molecule is NC(=O)Cc1ccccc1.O=C(O)C(=O)O. The summed E-state index contributed by atoms with van der Waals surface area (Å²) in [6.45, 7) is 0. The zero-order chi connectivity index (χ0) is 12.6. The Morgan fingerprint density at radius 1 is 1.00 bits per heavy atom. The number of carbonyl (C=O) groups excluding carboxylic acids is 1. The van der Waals surface area contributed by atoms with Crippen molar-refractivity contribution in [2.24, 2.45) is 5.73 Å². The van der Waals surface area contributed by atoms with Crippen LogP contribution in [0.3, 0.4) is 0 Å². The highest BCUT2D eigenvalue weighted by Gasteiger charge is 2.04. The van der Waals surface area contributed by atoms with Crippen molar-refractivity contribution in [3.63, 3.8) is 0 Å². The minimum absolute atomic E-state index is 0.286. The highest BCUT2D eigenvalue weighted by atomic mass is 16.4. The Kier molecular flexibility index (Phi) is 5.96. The first kappa shape index (κ1) is 13.6. The summed E-state index contributed by atoms with van der Waals surface area (Å²) in [5.41, 5.74) is 5.95. The van der Waals surface area contributed by atoms with Gasteiger partial charge in [0.2, 0.25) is 5.91 Å². The fraction of sp³-hybridized carbons (Fsp3) is 0.100. The number of aliphatic carboxylic acids is 2. The van der Waals surface area contributed by atoms with Gasteiger partial charge in [-0.25, -0.2) is 9.59 Å². The van der Waals surface area contributed by atoms with Crippen LogP contribution in [0.1, 0.15) is 5.56 Å². The third kappa shape index (κ3) is 7.07. The lowest BCUT2D eigenvalue weighted by atomic mass is 10.1. The van der Waals surface area contributed by atoms with E-state index in [-0.39, 0.29) is 5.91 Å². The van der Waals surface area contributed by atoms with Crippen LogP contribution in [0.15, 0.2) is 30.3 Å². The average molecular weight is 225 g/mol. The van der Waals surface area contributed by atoms with Crippen LogP contribution in [-0.2, 0) is 20.8 Å². The molecular formula is C10H11NO5. The zero-order valence-corrected chi connectivity index (χ0v) is 8.29. The number of primary amides is 1. The number of carboxylic acid groups (broad SMARTS) is 2. The summed E-state index contributed by atoms with van der Waals surface area (Å²) in [4.78, 5) is 28.6. The normalized spacial score (nSPS) is 8.50. The van der Waals surface area contributed by atoms with Crippen molar-refractivity contribution >= 4 is 17.8 Å². The van der Waals surface area contributed by atoms with Gasteiger partial charge in [-0.05, 0) is 5.56 Å². The Morgan fingerprint density at radius 2 is 1.44 bits per heavy atom. The van der Waals surface area contributed by atoms with Gasteiger partial charge in [0.1, 0.15) is 0 Å². The van der Waals surface area contributed by atoms with E-state index >= 15 is 0 Å². The van der Waals surface area contributed by atoms with Gasteiger partial charge in [-0.3, -0.25) is 4.79 Å². The fourth-order valence-corrected chi connectivity index (χ4v) is 0.797. The Hall–Kier alpha value is -2.37. The van der Waals surface area contributed by atoms with Crippen molar-refractivity contribution in [1.82, 2.24) is 0 Å². The molecule has 0 aliphatic rings. The van der Waals surface area contributed by atoms with Crippen LogP contribution >= 0.6 is 0 Å². The molecule has 16 heavy (non-hydrogen) atoms. The van der Waals surface area contributed by atoms with Crippen molar-refractivity contribution in [3.8, 4) is 0 Å². The number of nitrogens with two attached hydrogens (primary N) is 1. The van der Waals surface area contributed by atoms with E-state index in [1.807, 2.05) is 30.3 Å². The van der Waals surface area contributed by atoms with Gasteiger partial charge in [-0.15, -0.1) is 0 Å². The van der Waals surface area contributed by atoms with Gasteiger partial charge in [-0.2, -0.15) is 0 Å². The number of rotatable bonds is 2. The van der Waals surface area contributed by atoms with Gasteiger partial charge in [0.25, 0.3) is 0 Å². The molecule has 0 spiro atoms. The number of amides is 1. The first-order valence-electron chi connectivity index (χ1n) is 4.22. The molecule has 86 valence electrons. The number of carboxylic acids is 2. The molecule has 6 nitrogen and oxygen atoms in total. The number of hydrogen-bond donors (Lipinski definition) is 3. The van der Waals surface area contributed by atoms with Crippen molar-refractivity contribution in [2.45, 2.75) is 6.42 Å². The quantitative estimate of drug-likeness (QED) is 0.606. The number of benzene rings is 1. The smallest absolute Gasteiger partial charge is 0.414 e. The van der Waals surface area contributed by atoms with Gasteiger partial charge in [0, 0.05) is 0 Å². The van der Waals surface area contributed by atoms with E-state index in [0.717, 1.165) is 5.56 Å². The maximum absolute atomic E-state index is 10.4. The molecule has 0 saturated heterocycles. The van der Waals surface area contributed by atoms with E-state index in [0.29, 0.717) is 6.42 Å². The predicted octanol–water partition coefficient (Wildman–Crippen LogP) is -0.130. The van der Waals surface area contributed by atoms with Crippen LogP contribution in [-0.4, -0.2) is 28.1 Å². The largest absolute Gasteiger partial charge is 0.473 e. The van der Waals surface area contributed by atoms with E-state index in [4.69, 9.17) is 25.5 Å². The van der Waals surface area contributed by atoms with Gasteiger partial charge in [0.15, 0.2) is 0 Å². The Balaban J connectivity index is 0.000000325. The number of hydrogen-bond acceptors (Lipinski definition) is 3. The molecule has 0 unspecified atom stereocenters. The monoisotopic (exact) mass is 225 g/mol. The van der Waals surface area contributed by atoms with E-state index < -0.39 is 11.9 Å². The van der Waals surface area contributed by atoms with Crippen LogP contribution in [0.25, 0.3) is 0 Å². The third-order valence-electron chi connectivity index (χ3n) is 1.40. The maximum atomic E-state index is 10.4. The molecule has 0 aliphatic carbocycles. The topological polar surface area (TPSA) is 118 Å². The summed E-state index contributed by atoms with van der Waals surface area (Å²) >= 11 is 0. The molecule has 0 saturated carbocycles. The van der Waals surface area contributed by atoms with E-state index in [9.17, 15) is 4.79 Å². The molecule has 1 rings (SSSR count). The molecule has 0 atom stereocenters. The lowest BCUT2D eigenvalue weighted by molar-refractivity contribution is -0.159. The summed E-state index contributed by atoms with van der Waals surface area (Å²) in [5.74, 6) is -3.93. The predicted molar refractivity (Wildman–Crippen MR) is 54.6 cm³/mol. The van der Waals surface area contributed by atoms with Crippen molar-refractivity contribution in [3.05, 3.63) is 35.9 Å². The maximum Gasteiger partial charge on any atom is 0.414 e. The van der Waals surface area contributed by atoms with Crippen LogP contribution in [0.2, 0.25) is 0 Å². The second-order valence-corrected chi connectivity index (χ2v) is 2.74. The molecular weight excluding hydrogens is 214 g/mol. The van der Waals surface area contributed by atoms with Crippen LogP contribution in [0.5, 0.6) is 0 Å². The van der Waals surface area contributed by atoms with Crippen molar-refractivity contribution in [2.75, 3.05) is 0 Å². The molecule has 1 aromatic carbocycles. The molecule has 0 aliphatic heterocycles. The molecule has 1 amide bonds. The van der Waals surface area contributed by atoms with Crippen molar-refractivity contribution < 1.29 is 24.6 Å². The van der Waals surface area contributed by atoms with Gasteiger partial charge >= 0.3 is 11.9 Å². The molecule has 0 fully saturated rings. The second-order valence-electron chi connectivity index (χ2n) is 2.74. The van der Waals surface area contributed by atoms with E-state index in [2.05, 4.69) is 0 Å². The molecule has 0 heterocycles. The van der Waals surface area contributed by atoms with Gasteiger partial charge in [0.05, 0.1) is 6.42 Å². The molecule has 0 aromatic heterocycles. The van der Waals surface area contributed by atoms with Crippen LogP contribution in [0, 0.1) is 0 Å². The second kappa shape index (κ2) is 6.99. The van der Waals surface area contributed by atoms with Crippen LogP contribution in [0.4, 0.5) is 0 Å². The minimum Gasteiger partial charge on any atom is -0.473 e. The highest BCUT2D eigenvalue weighted by molar-refractivity contribution is 6.27. The van der Waals surface area contributed by atoms with E-state index in [1.54, 1.807) is 0 Å². The zero-order valence-electron chi connectivity index (χ0n) is 8.29. The molecule has 1 aromatic rings. The third-order valence-corrected chi connectivity index (χ3v) is 1.40. The first-order valence-corrected chi connectivity index (χ1v) is 4.22. The Morgan fingerprint density at radius 3 is 1.75 bits per heavy atom. The molecule has 4 N–H and O–H groups in total. The summed E-state index contributed by atoms with van der Waals surface area (Å²) in [6.07, 6.45) is 0.334. The van der Waals surface area contributed by atoms with E-state index in [1.165, 1.54) is 0 Å². The van der Waals surface area contributed by atoms with Crippen molar-refractivity contribution in [1.29, 1.82) is 0 Å². The molecule has 0 bridgehead atoms. The van der Waals surface area contributed by atoms with Gasteiger partial charge in [-0.1, -0.05) is 30.3 Å². The van der Waals surface area contributed by atoms with Crippen LogP contribution < -0.4 is 5.73 Å². The Bertz CT molecular complexity index is 362. The lowest BCUT2D eigenvalue weighted by Crippen LogP contribution is -2.13. The number of carbonyl (C=O) groups is 3. The fourth-order valence-electron chi connectivity index (χ4n) is 0.797. The minimum atomic E-state index is -1.82. The summed E-state index contributed by atoms with van der Waals surface area (Å²) in [7, 11) is 0. The molecule has 0 radical (unpaired) electrons.